The van der Waals surface area contributed by atoms with Gasteiger partial charge in [-0.3, -0.25) is 10.1 Å². The van der Waals surface area contributed by atoms with E-state index in [1.165, 1.54) is 12.1 Å². The molecular weight excluding hydrogens is 336 g/mol. The number of nitrogens with zero attached hydrogens (tertiary/aromatic N) is 1. The molecule has 2 aromatic rings. The molecule has 0 fully saturated rings. The third-order valence-corrected chi connectivity index (χ3v) is 3.35. The van der Waals surface area contributed by atoms with Crippen molar-refractivity contribution in [3.63, 3.8) is 0 Å². The van der Waals surface area contributed by atoms with Gasteiger partial charge in [0.1, 0.15) is 5.75 Å². The first-order chi connectivity index (χ1) is 10.1. The van der Waals surface area contributed by atoms with Crippen molar-refractivity contribution in [2.45, 2.75) is 13.5 Å². The van der Waals surface area contributed by atoms with Crippen LogP contribution in [0, 0.1) is 10.1 Å². The van der Waals surface area contributed by atoms with Crippen molar-refractivity contribution >= 4 is 27.3 Å². The number of anilines is 1. The fraction of sp³-hybridized carbons (Fsp3) is 0.200. The summed E-state index contributed by atoms with van der Waals surface area (Å²) in [7, 11) is 0. The number of non-ortho nitro benzene ring substituents is 1. The van der Waals surface area contributed by atoms with E-state index in [9.17, 15) is 10.1 Å². The second-order valence-electron chi connectivity index (χ2n) is 4.39. The topological polar surface area (TPSA) is 64.4 Å². The molecule has 0 bridgehead atoms. The number of rotatable bonds is 6. The first-order valence-electron chi connectivity index (χ1n) is 6.49. The van der Waals surface area contributed by atoms with Crippen molar-refractivity contribution in [2.24, 2.45) is 0 Å². The van der Waals surface area contributed by atoms with Crippen LogP contribution in [-0.4, -0.2) is 11.5 Å². The minimum atomic E-state index is -0.423. The van der Waals surface area contributed by atoms with Crippen molar-refractivity contribution in [1.82, 2.24) is 0 Å². The number of nitrogens with one attached hydrogen (secondary N) is 1. The molecule has 0 spiro atoms. The van der Waals surface area contributed by atoms with Gasteiger partial charge < -0.3 is 10.1 Å². The number of nitro groups is 1. The van der Waals surface area contributed by atoms with Gasteiger partial charge in [-0.05, 0) is 24.6 Å². The molecule has 0 amide bonds. The van der Waals surface area contributed by atoms with Crippen LogP contribution >= 0.6 is 15.9 Å². The van der Waals surface area contributed by atoms with Crippen molar-refractivity contribution < 1.29 is 9.66 Å². The molecule has 0 unspecified atom stereocenters. The molecule has 0 heterocycles. The molecule has 0 saturated heterocycles. The molecule has 0 aliphatic carbocycles. The highest BCUT2D eigenvalue weighted by molar-refractivity contribution is 9.10. The molecule has 0 aromatic heterocycles. The summed E-state index contributed by atoms with van der Waals surface area (Å²) in [5.74, 6) is 0.491. The number of ether oxygens (including phenoxy) is 1. The Hall–Kier alpha value is -2.08. The Labute approximate surface area is 131 Å². The van der Waals surface area contributed by atoms with E-state index in [0.29, 0.717) is 24.6 Å². The summed E-state index contributed by atoms with van der Waals surface area (Å²) >= 11 is 3.38. The third kappa shape index (κ3) is 4.46. The maximum Gasteiger partial charge on any atom is 0.275 e. The molecule has 6 heteroatoms. The highest BCUT2D eigenvalue weighted by Crippen LogP contribution is 2.26. The summed E-state index contributed by atoms with van der Waals surface area (Å²) < 4.78 is 6.37. The van der Waals surface area contributed by atoms with Gasteiger partial charge in [0.25, 0.3) is 5.69 Å². The fourth-order valence-electron chi connectivity index (χ4n) is 1.85. The lowest BCUT2D eigenvalue weighted by atomic mass is 10.2. The lowest BCUT2D eigenvalue weighted by Crippen LogP contribution is -2.01. The van der Waals surface area contributed by atoms with Gasteiger partial charge >= 0.3 is 0 Å². The molecule has 5 nitrogen and oxygen atoms in total. The Bertz CT molecular complexity index is 629. The van der Waals surface area contributed by atoms with Crippen LogP contribution in [0.15, 0.2) is 46.9 Å². The minimum Gasteiger partial charge on any atom is -0.494 e. The number of hydrogen-bond donors (Lipinski definition) is 1. The Morgan fingerprint density at radius 3 is 2.57 bits per heavy atom. The Balaban J connectivity index is 2.14. The maximum atomic E-state index is 10.9. The molecule has 2 aromatic carbocycles. The molecule has 0 radical (unpaired) electrons. The van der Waals surface area contributed by atoms with Gasteiger partial charge in [0, 0.05) is 28.8 Å². The lowest BCUT2D eigenvalue weighted by Gasteiger charge is -2.09. The predicted molar refractivity (Wildman–Crippen MR) is 85.7 cm³/mol. The zero-order valence-electron chi connectivity index (χ0n) is 11.5. The molecule has 0 saturated carbocycles. The first kappa shape index (κ1) is 15.3. The van der Waals surface area contributed by atoms with E-state index in [2.05, 4.69) is 21.2 Å². The smallest absolute Gasteiger partial charge is 0.275 e. The van der Waals surface area contributed by atoms with Crippen molar-refractivity contribution in [3.05, 3.63) is 62.6 Å². The molecule has 110 valence electrons. The lowest BCUT2D eigenvalue weighted by molar-refractivity contribution is -0.384. The molecule has 21 heavy (non-hydrogen) atoms. The summed E-state index contributed by atoms with van der Waals surface area (Å²) in [6.45, 7) is 2.89. The van der Waals surface area contributed by atoms with E-state index in [4.69, 9.17) is 4.74 Å². The van der Waals surface area contributed by atoms with Gasteiger partial charge in [-0.2, -0.15) is 0 Å². The molecular formula is C15H15BrN2O3. The van der Waals surface area contributed by atoms with Gasteiger partial charge in [-0.1, -0.05) is 28.1 Å². The number of nitro benzene ring substituents is 1. The number of halogens is 1. The minimum absolute atomic E-state index is 0.0132. The van der Waals surface area contributed by atoms with Gasteiger partial charge in [0.05, 0.1) is 17.6 Å². The quantitative estimate of drug-likeness (QED) is 0.620. The van der Waals surface area contributed by atoms with E-state index < -0.39 is 4.92 Å². The van der Waals surface area contributed by atoms with E-state index in [0.717, 1.165) is 10.0 Å². The number of benzene rings is 2. The molecule has 1 N–H and O–H groups in total. The van der Waals surface area contributed by atoms with Crippen LogP contribution in [-0.2, 0) is 6.54 Å². The average Bonchev–Trinajstić information content (AvgIpc) is 2.47. The van der Waals surface area contributed by atoms with Crippen LogP contribution < -0.4 is 10.1 Å². The van der Waals surface area contributed by atoms with Gasteiger partial charge in [0.2, 0.25) is 0 Å². The predicted octanol–water partition coefficient (Wildman–Crippen LogP) is 4.37. The van der Waals surface area contributed by atoms with Crippen molar-refractivity contribution in [2.75, 3.05) is 11.9 Å². The Morgan fingerprint density at radius 1 is 1.24 bits per heavy atom. The van der Waals surface area contributed by atoms with Gasteiger partial charge in [0.15, 0.2) is 0 Å². The summed E-state index contributed by atoms with van der Waals surface area (Å²) in [4.78, 5) is 10.5. The van der Waals surface area contributed by atoms with E-state index in [-0.39, 0.29) is 5.69 Å². The summed E-state index contributed by atoms with van der Waals surface area (Å²) in [5, 5.41) is 14.1. The first-order valence-corrected chi connectivity index (χ1v) is 7.28. The van der Waals surface area contributed by atoms with E-state index in [1.807, 2.05) is 31.2 Å². The summed E-state index contributed by atoms with van der Waals surface area (Å²) in [5.41, 5.74) is 1.76. The zero-order valence-corrected chi connectivity index (χ0v) is 13.1. The fourth-order valence-corrected chi connectivity index (χ4v) is 2.11. The van der Waals surface area contributed by atoms with Crippen LogP contribution in [0.2, 0.25) is 0 Å². The highest BCUT2D eigenvalue weighted by atomic mass is 79.9. The standard InChI is InChI=1S/C15H15BrN2O3/c1-2-21-15-8-13(7-14(9-15)18(19)20)17-10-11-3-5-12(16)6-4-11/h3-9,17H,2,10H2,1H3. The molecule has 2 rings (SSSR count). The summed E-state index contributed by atoms with van der Waals surface area (Å²) in [6, 6.07) is 12.6. The average molecular weight is 351 g/mol. The highest BCUT2D eigenvalue weighted by Gasteiger charge is 2.10. The molecule has 0 aliphatic heterocycles. The van der Waals surface area contributed by atoms with Crippen LogP contribution in [0.4, 0.5) is 11.4 Å². The van der Waals surface area contributed by atoms with Crippen molar-refractivity contribution in [3.8, 4) is 5.75 Å². The second-order valence-corrected chi connectivity index (χ2v) is 5.30. The van der Waals surface area contributed by atoms with Crippen LogP contribution in [0.1, 0.15) is 12.5 Å². The van der Waals surface area contributed by atoms with Gasteiger partial charge in [-0.25, -0.2) is 0 Å². The SMILES string of the molecule is CCOc1cc(NCc2ccc(Br)cc2)cc([N+](=O)[O-])c1. The molecule has 0 atom stereocenters. The second kappa shape index (κ2) is 7.08. The number of hydrogen-bond acceptors (Lipinski definition) is 4. The maximum absolute atomic E-state index is 10.9. The molecule has 0 aliphatic rings. The van der Waals surface area contributed by atoms with E-state index >= 15 is 0 Å². The Kier molecular flexibility index (Phi) is 5.16. The van der Waals surface area contributed by atoms with Crippen molar-refractivity contribution in [1.29, 1.82) is 0 Å². The normalized spacial score (nSPS) is 10.2. The Morgan fingerprint density at radius 2 is 1.95 bits per heavy atom. The summed E-state index contributed by atoms with van der Waals surface area (Å²) in [6.07, 6.45) is 0. The third-order valence-electron chi connectivity index (χ3n) is 2.82. The monoisotopic (exact) mass is 350 g/mol. The van der Waals surface area contributed by atoms with E-state index in [1.54, 1.807) is 6.07 Å². The van der Waals surface area contributed by atoms with Crippen LogP contribution in [0.3, 0.4) is 0 Å². The van der Waals surface area contributed by atoms with Crippen LogP contribution in [0.25, 0.3) is 0 Å². The largest absolute Gasteiger partial charge is 0.494 e. The zero-order chi connectivity index (χ0) is 15.2. The van der Waals surface area contributed by atoms with Crippen LogP contribution in [0.5, 0.6) is 5.75 Å². The van der Waals surface area contributed by atoms with Gasteiger partial charge in [-0.15, -0.1) is 0 Å².